The molecule has 0 N–H and O–H groups in total. The summed E-state index contributed by atoms with van der Waals surface area (Å²) in [4.78, 5) is 14.4. The largest absolute Gasteiger partial charge is 0.377 e. The maximum atomic E-state index is 12.2. The Morgan fingerprint density at radius 3 is 2.80 bits per heavy atom. The van der Waals surface area contributed by atoms with Crippen LogP contribution in [0.3, 0.4) is 0 Å². The molecule has 134 valence electrons. The molecule has 1 aliphatic rings. The summed E-state index contributed by atoms with van der Waals surface area (Å²) in [5.41, 5.74) is 0.978. The average molecular weight is 403 g/mol. The standard InChI is InChI=1S/C17H18Cl3N3O2/c1-2-25-12-4-3-7-22(10-12)15-6-5-11(8-13(15)18)23-17(24)16(20)14(19)9-21-23/h5-6,8-9,12H,2-4,7,10H2,1H3. The van der Waals surface area contributed by atoms with Crippen LogP contribution in [0.5, 0.6) is 0 Å². The molecule has 0 amide bonds. The lowest BCUT2D eigenvalue weighted by Crippen LogP contribution is -2.39. The van der Waals surface area contributed by atoms with Crippen LogP contribution >= 0.6 is 34.8 Å². The molecule has 5 nitrogen and oxygen atoms in total. The highest BCUT2D eigenvalue weighted by molar-refractivity contribution is 6.41. The number of nitrogens with zero attached hydrogens (tertiary/aromatic N) is 3. The maximum Gasteiger partial charge on any atom is 0.291 e. The Morgan fingerprint density at radius 2 is 2.08 bits per heavy atom. The van der Waals surface area contributed by atoms with E-state index in [1.54, 1.807) is 12.1 Å². The van der Waals surface area contributed by atoms with Crippen molar-refractivity contribution in [3.63, 3.8) is 0 Å². The van der Waals surface area contributed by atoms with Gasteiger partial charge in [0.15, 0.2) is 0 Å². The fourth-order valence-corrected chi connectivity index (χ4v) is 3.56. The maximum absolute atomic E-state index is 12.2. The van der Waals surface area contributed by atoms with Gasteiger partial charge in [0.05, 0.1) is 33.7 Å². The van der Waals surface area contributed by atoms with Gasteiger partial charge in [0.1, 0.15) is 5.02 Å². The number of hydrogen-bond donors (Lipinski definition) is 0. The van der Waals surface area contributed by atoms with E-state index < -0.39 is 5.56 Å². The molecular formula is C17H18Cl3N3O2. The van der Waals surface area contributed by atoms with Crippen LogP contribution in [0.2, 0.25) is 15.1 Å². The van der Waals surface area contributed by atoms with E-state index in [1.165, 1.54) is 10.9 Å². The van der Waals surface area contributed by atoms with Crippen LogP contribution in [-0.4, -0.2) is 35.6 Å². The van der Waals surface area contributed by atoms with Crippen molar-refractivity contribution in [2.75, 3.05) is 24.6 Å². The van der Waals surface area contributed by atoms with Crippen LogP contribution in [-0.2, 0) is 4.74 Å². The Balaban J connectivity index is 1.89. The van der Waals surface area contributed by atoms with E-state index in [9.17, 15) is 4.79 Å². The van der Waals surface area contributed by atoms with Crippen LogP contribution in [0.25, 0.3) is 5.69 Å². The summed E-state index contributed by atoms with van der Waals surface area (Å²) in [5.74, 6) is 0. The molecule has 1 aromatic heterocycles. The third-order valence-electron chi connectivity index (χ3n) is 4.17. The molecule has 1 saturated heterocycles. The van der Waals surface area contributed by atoms with Gasteiger partial charge in [0.25, 0.3) is 5.56 Å². The molecule has 0 saturated carbocycles. The van der Waals surface area contributed by atoms with E-state index in [-0.39, 0.29) is 16.1 Å². The zero-order valence-electron chi connectivity index (χ0n) is 13.7. The summed E-state index contributed by atoms with van der Waals surface area (Å²) in [6, 6.07) is 5.40. The van der Waals surface area contributed by atoms with E-state index >= 15 is 0 Å². The molecule has 0 radical (unpaired) electrons. The van der Waals surface area contributed by atoms with Crippen molar-refractivity contribution in [3.8, 4) is 5.69 Å². The van der Waals surface area contributed by atoms with Crippen LogP contribution in [0.1, 0.15) is 19.8 Å². The zero-order chi connectivity index (χ0) is 18.0. The first kappa shape index (κ1) is 18.5. The van der Waals surface area contributed by atoms with Crippen LogP contribution in [0.4, 0.5) is 5.69 Å². The van der Waals surface area contributed by atoms with Gasteiger partial charge in [-0.05, 0) is 38.0 Å². The molecule has 1 aliphatic heterocycles. The monoisotopic (exact) mass is 401 g/mol. The van der Waals surface area contributed by atoms with Crippen LogP contribution < -0.4 is 10.5 Å². The van der Waals surface area contributed by atoms with Gasteiger partial charge >= 0.3 is 0 Å². The highest BCUT2D eigenvalue weighted by Crippen LogP contribution is 2.30. The minimum Gasteiger partial charge on any atom is -0.377 e. The van der Waals surface area contributed by atoms with Gasteiger partial charge < -0.3 is 9.64 Å². The Labute approximate surface area is 161 Å². The van der Waals surface area contributed by atoms with Gasteiger partial charge in [0, 0.05) is 19.7 Å². The lowest BCUT2D eigenvalue weighted by atomic mass is 10.1. The first-order valence-corrected chi connectivity index (χ1v) is 9.24. The molecule has 1 unspecified atom stereocenters. The van der Waals surface area contributed by atoms with Gasteiger partial charge in [-0.25, -0.2) is 0 Å². The number of benzene rings is 1. The Hall–Kier alpha value is -1.27. The number of hydrogen-bond acceptors (Lipinski definition) is 4. The van der Waals surface area contributed by atoms with E-state index in [0.29, 0.717) is 17.3 Å². The predicted octanol–water partition coefficient (Wildman–Crippen LogP) is 4.20. The number of anilines is 1. The van der Waals surface area contributed by atoms with E-state index in [1.807, 2.05) is 13.0 Å². The fraction of sp³-hybridized carbons (Fsp3) is 0.412. The molecule has 2 heterocycles. The third-order valence-corrected chi connectivity index (χ3v) is 5.22. The van der Waals surface area contributed by atoms with Crippen molar-refractivity contribution in [1.29, 1.82) is 0 Å². The summed E-state index contributed by atoms with van der Waals surface area (Å²) in [7, 11) is 0. The SMILES string of the molecule is CCOC1CCCN(c2ccc(-n3ncc(Cl)c(Cl)c3=O)cc2Cl)C1. The molecule has 3 rings (SSSR count). The lowest BCUT2D eigenvalue weighted by molar-refractivity contribution is 0.0527. The molecule has 0 bridgehead atoms. The second-order valence-corrected chi connectivity index (χ2v) is 7.02. The Morgan fingerprint density at radius 1 is 1.28 bits per heavy atom. The molecule has 25 heavy (non-hydrogen) atoms. The predicted molar refractivity (Wildman–Crippen MR) is 102 cm³/mol. The molecule has 8 heteroatoms. The second kappa shape index (κ2) is 7.96. The van der Waals surface area contributed by atoms with Gasteiger partial charge in [0.2, 0.25) is 0 Å². The second-order valence-electron chi connectivity index (χ2n) is 5.82. The minimum absolute atomic E-state index is 0.0625. The molecule has 0 spiro atoms. The first-order valence-electron chi connectivity index (χ1n) is 8.11. The lowest BCUT2D eigenvalue weighted by Gasteiger charge is -2.34. The van der Waals surface area contributed by atoms with Crippen molar-refractivity contribution in [2.45, 2.75) is 25.9 Å². The molecule has 1 fully saturated rings. The number of piperidine rings is 1. The van der Waals surface area contributed by atoms with Crippen LogP contribution in [0.15, 0.2) is 29.2 Å². The molecule has 2 aromatic rings. The quantitative estimate of drug-likeness (QED) is 0.769. The first-order chi connectivity index (χ1) is 12.0. The van der Waals surface area contributed by atoms with Gasteiger partial charge in [-0.3, -0.25) is 4.79 Å². The van der Waals surface area contributed by atoms with Crippen molar-refractivity contribution >= 4 is 40.5 Å². The van der Waals surface area contributed by atoms with Crippen molar-refractivity contribution < 1.29 is 4.74 Å². The Kier molecular flexibility index (Phi) is 5.89. The average Bonchev–Trinajstić information content (AvgIpc) is 2.60. The Bertz CT molecular complexity index is 823. The van der Waals surface area contributed by atoms with Crippen molar-refractivity contribution in [2.24, 2.45) is 0 Å². The van der Waals surface area contributed by atoms with E-state index in [0.717, 1.165) is 31.6 Å². The number of aromatic nitrogens is 2. The molecule has 1 aromatic carbocycles. The van der Waals surface area contributed by atoms with Gasteiger partial charge in [-0.15, -0.1) is 0 Å². The van der Waals surface area contributed by atoms with Gasteiger partial charge in [-0.2, -0.15) is 9.78 Å². The normalized spacial score (nSPS) is 17.8. The van der Waals surface area contributed by atoms with E-state index in [4.69, 9.17) is 39.5 Å². The summed E-state index contributed by atoms with van der Waals surface area (Å²) < 4.78 is 6.92. The molecular weight excluding hydrogens is 385 g/mol. The third kappa shape index (κ3) is 3.95. The van der Waals surface area contributed by atoms with Crippen LogP contribution in [0, 0.1) is 0 Å². The highest BCUT2D eigenvalue weighted by Gasteiger charge is 2.22. The number of ether oxygens (including phenoxy) is 1. The zero-order valence-corrected chi connectivity index (χ0v) is 16.0. The molecule has 1 atom stereocenters. The highest BCUT2D eigenvalue weighted by atomic mass is 35.5. The van der Waals surface area contributed by atoms with Crippen molar-refractivity contribution in [1.82, 2.24) is 9.78 Å². The summed E-state index contributed by atoms with van der Waals surface area (Å²) in [6.45, 7) is 4.44. The summed E-state index contributed by atoms with van der Waals surface area (Å²) in [5, 5.41) is 4.64. The minimum atomic E-state index is -0.479. The topological polar surface area (TPSA) is 47.4 Å². The fourth-order valence-electron chi connectivity index (χ4n) is 3.01. The number of rotatable bonds is 4. The van der Waals surface area contributed by atoms with E-state index in [2.05, 4.69) is 10.00 Å². The summed E-state index contributed by atoms with van der Waals surface area (Å²) >= 11 is 18.2. The molecule has 0 aliphatic carbocycles. The van der Waals surface area contributed by atoms with Crippen molar-refractivity contribution in [3.05, 3.63) is 49.8 Å². The smallest absolute Gasteiger partial charge is 0.291 e. The van der Waals surface area contributed by atoms with Gasteiger partial charge in [-0.1, -0.05) is 34.8 Å². The summed E-state index contributed by atoms with van der Waals surface area (Å²) in [6.07, 6.45) is 3.66. The number of halogens is 3.